The fourth-order valence-corrected chi connectivity index (χ4v) is 3.53. The summed E-state index contributed by atoms with van der Waals surface area (Å²) in [4.78, 5) is 14.3. The molecule has 1 aliphatic rings. The van der Waals surface area contributed by atoms with Gasteiger partial charge in [0.2, 0.25) is 5.91 Å². The molecule has 0 saturated carbocycles. The fraction of sp³-hybridized carbons (Fsp3) is 0.238. The van der Waals surface area contributed by atoms with Crippen molar-refractivity contribution in [3.63, 3.8) is 0 Å². The van der Waals surface area contributed by atoms with Crippen LogP contribution in [0.15, 0.2) is 54.6 Å². The Hall–Kier alpha value is -3.26. The van der Waals surface area contributed by atoms with E-state index in [0.29, 0.717) is 11.0 Å². The Bertz CT molecular complexity index is 1080. The number of fused-ring (bicyclic) bond motifs is 1. The summed E-state index contributed by atoms with van der Waals surface area (Å²) in [7, 11) is 0. The molecule has 0 aliphatic carbocycles. The molecular weight excluding hydrogens is 407 g/mol. The maximum Gasteiger partial charge on any atom is 0.251 e. The molecule has 0 saturated heterocycles. The van der Waals surface area contributed by atoms with Crippen LogP contribution in [0.3, 0.4) is 0 Å². The van der Waals surface area contributed by atoms with Crippen LogP contribution >= 0.6 is 11.6 Å². The zero-order valence-corrected chi connectivity index (χ0v) is 17.2. The van der Waals surface area contributed by atoms with Crippen LogP contribution in [0, 0.1) is 5.82 Å². The van der Waals surface area contributed by atoms with Gasteiger partial charge in [-0.05, 0) is 65.7 Å². The number of nitrogens with zero attached hydrogens (tertiary/aromatic N) is 5. The van der Waals surface area contributed by atoms with E-state index in [1.165, 1.54) is 12.1 Å². The van der Waals surface area contributed by atoms with E-state index in [1.807, 2.05) is 32.1 Å². The Morgan fingerprint density at radius 3 is 2.53 bits per heavy atom. The number of amides is 1. The van der Waals surface area contributed by atoms with Gasteiger partial charge in [0.25, 0.3) is 5.95 Å². The van der Waals surface area contributed by atoms with Gasteiger partial charge in [0.05, 0.1) is 5.70 Å². The summed E-state index contributed by atoms with van der Waals surface area (Å²) < 4.78 is 15.1. The van der Waals surface area contributed by atoms with E-state index < -0.39 is 0 Å². The average Bonchev–Trinajstić information content (AvgIpc) is 3.19. The number of benzene rings is 2. The number of halogens is 2. The monoisotopic (exact) mass is 426 g/mol. The third-order valence-corrected chi connectivity index (χ3v) is 4.94. The minimum Gasteiger partial charge on any atom is -0.352 e. The quantitative estimate of drug-likeness (QED) is 0.676. The lowest BCUT2D eigenvalue weighted by Gasteiger charge is -2.32. The van der Waals surface area contributed by atoms with Crippen LogP contribution in [-0.2, 0) is 4.79 Å². The van der Waals surface area contributed by atoms with E-state index in [4.69, 9.17) is 11.6 Å². The first-order valence-electron chi connectivity index (χ1n) is 9.50. The van der Waals surface area contributed by atoms with Crippen molar-refractivity contribution in [2.24, 2.45) is 0 Å². The van der Waals surface area contributed by atoms with Crippen LogP contribution < -0.4 is 10.2 Å². The molecule has 0 unspecified atom stereocenters. The molecule has 30 heavy (non-hydrogen) atoms. The van der Waals surface area contributed by atoms with Gasteiger partial charge in [0.15, 0.2) is 0 Å². The SMILES string of the molecule is CC(C)NC(=O)CN1C(c2ccc(Cl)cc2)=C[C@@H](c2ccc(F)cc2)n2nnnc21. The summed E-state index contributed by atoms with van der Waals surface area (Å²) >= 11 is 6.06. The van der Waals surface area contributed by atoms with Gasteiger partial charge in [0.1, 0.15) is 18.4 Å². The van der Waals surface area contributed by atoms with Crippen molar-refractivity contribution in [3.05, 3.63) is 76.6 Å². The average molecular weight is 427 g/mol. The summed E-state index contributed by atoms with van der Waals surface area (Å²) in [6.07, 6.45) is 1.96. The van der Waals surface area contributed by atoms with Gasteiger partial charge in [-0.3, -0.25) is 9.69 Å². The number of allylic oxidation sites excluding steroid dienone is 1. The second kappa shape index (κ2) is 8.23. The first-order chi connectivity index (χ1) is 14.4. The Kier molecular flexibility index (Phi) is 5.50. The normalized spacial score (nSPS) is 15.7. The second-order valence-corrected chi connectivity index (χ2v) is 7.72. The maximum absolute atomic E-state index is 13.5. The molecule has 1 aromatic heterocycles. The van der Waals surface area contributed by atoms with Gasteiger partial charge in [-0.2, -0.15) is 4.68 Å². The van der Waals surface area contributed by atoms with E-state index >= 15 is 0 Å². The van der Waals surface area contributed by atoms with Crippen LogP contribution in [0.25, 0.3) is 5.70 Å². The number of carbonyl (C=O) groups is 1. The lowest BCUT2D eigenvalue weighted by Crippen LogP contribution is -2.42. The van der Waals surface area contributed by atoms with Crippen molar-refractivity contribution in [2.45, 2.75) is 25.9 Å². The highest BCUT2D eigenvalue weighted by atomic mass is 35.5. The number of hydrogen-bond donors (Lipinski definition) is 1. The molecule has 1 N–H and O–H groups in total. The highest BCUT2D eigenvalue weighted by Crippen LogP contribution is 2.36. The number of tetrazole rings is 1. The summed E-state index contributed by atoms with van der Waals surface area (Å²) in [5.41, 5.74) is 2.45. The summed E-state index contributed by atoms with van der Waals surface area (Å²) in [6.45, 7) is 3.85. The highest BCUT2D eigenvalue weighted by Gasteiger charge is 2.32. The molecule has 2 aromatic carbocycles. The summed E-state index contributed by atoms with van der Waals surface area (Å²) in [6, 6.07) is 13.2. The van der Waals surface area contributed by atoms with Crippen molar-refractivity contribution in [1.29, 1.82) is 0 Å². The smallest absolute Gasteiger partial charge is 0.251 e. The topological polar surface area (TPSA) is 75.9 Å². The summed E-state index contributed by atoms with van der Waals surface area (Å²) in [5, 5.41) is 15.6. The van der Waals surface area contributed by atoms with Crippen LogP contribution in [-0.4, -0.2) is 38.7 Å². The molecular formula is C21H20ClFN6O. The zero-order chi connectivity index (χ0) is 21.3. The van der Waals surface area contributed by atoms with Crippen LogP contribution in [0.2, 0.25) is 5.02 Å². The zero-order valence-electron chi connectivity index (χ0n) is 16.5. The van der Waals surface area contributed by atoms with Gasteiger partial charge in [-0.1, -0.05) is 41.0 Å². The van der Waals surface area contributed by atoms with Gasteiger partial charge in [-0.15, -0.1) is 0 Å². The maximum atomic E-state index is 13.5. The Morgan fingerprint density at radius 1 is 1.17 bits per heavy atom. The molecule has 0 bridgehead atoms. The van der Waals surface area contributed by atoms with Crippen LogP contribution in [0.1, 0.15) is 31.0 Å². The van der Waals surface area contributed by atoms with Crippen molar-refractivity contribution in [2.75, 3.05) is 11.4 Å². The van der Waals surface area contributed by atoms with Gasteiger partial charge < -0.3 is 5.32 Å². The molecule has 4 rings (SSSR count). The molecule has 1 aliphatic heterocycles. The number of nitrogens with one attached hydrogen (secondary N) is 1. The molecule has 1 atom stereocenters. The Morgan fingerprint density at radius 2 is 1.87 bits per heavy atom. The Labute approximate surface area is 178 Å². The van der Waals surface area contributed by atoms with Crippen molar-refractivity contribution in [3.8, 4) is 0 Å². The third-order valence-electron chi connectivity index (χ3n) is 4.69. The van der Waals surface area contributed by atoms with Gasteiger partial charge >= 0.3 is 0 Å². The molecule has 2 heterocycles. The van der Waals surface area contributed by atoms with Crippen molar-refractivity contribution >= 4 is 29.2 Å². The van der Waals surface area contributed by atoms with E-state index in [1.54, 1.807) is 33.8 Å². The van der Waals surface area contributed by atoms with Gasteiger partial charge in [0, 0.05) is 11.1 Å². The van der Waals surface area contributed by atoms with E-state index in [-0.39, 0.29) is 30.4 Å². The predicted octanol–water partition coefficient (Wildman–Crippen LogP) is 3.44. The van der Waals surface area contributed by atoms with Crippen molar-refractivity contribution < 1.29 is 9.18 Å². The number of carbonyl (C=O) groups excluding carboxylic acids is 1. The first kappa shape index (κ1) is 20.0. The van der Waals surface area contributed by atoms with E-state index in [2.05, 4.69) is 20.8 Å². The molecule has 0 spiro atoms. The molecule has 3 aromatic rings. The van der Waals surface area contributed by atoms with Crippen LogP contribution in [0.5, 0.6) is 0 Å². The minimum atomic E-state index is -0.356. The summed E-state index contributed by atoms with van der Waals surface area (Å²) in [5.74, 6) is -0.0456. The third kappa shape index (κ3) is 4.04. The molecule has 0 fully saturated rings. The standard InChI is InChI=1S/C21H20ClFN6O/c1-13(2)24-20(30)12-28-18(14-3-7-16(22)8-4-14)11-19(29-21(28)25-26-27-29)15-5-9-17(23)10-6-15/h3-11,13,19H,12H2,1-2H3,(H,24,30)/t19-/m0/s1. The number of aromatic nitrogens is 4. The number of hydrogen-bond acceptors (Lipinski definition) is 5. The Balaban J connectivity index is 1.80. The van der Waals surface area contributed by atoms with Crippen LogP contribution in [0.4, 0.5) is 10.3 Å². The predicted molar refractivity (Wildman–Crippen MR) is 112 cm³/mol. The lowest BCUT2D eigenvalue weighted by molar-refractivity contribution is -0.120. The first-order valence-corrected chi connectivity index (χ1v) is 9.88. The fourth-order valence-electron chi connectivity index (χ4n) is 3.40. The van der Waals surface area contributed by atoms with Gasteiger partial charge in [-0.25, -0.2) is 4.39 Å². The minimum absolute atomic E-state index is 0.00760. The van der Waals surface area contributed by atoms with E-state index in [0.717, 1.165) is 16.8 Å². The molecule has 1 amide bonds. The molecule has 0 radical (unpaired) electrons. The molecule has 154 valence electrons. The number of anilines is 1. The molecule has 7 nitrogen and oxygen atoms in total. The second-order valence-electron chi connectivity index (χ2n) is 7.29. The molecule has 9 heteroatoms. The van der Waals surface area contributed by atoms with Crippen molar-refractivity contribution in [1.82, 2.24) is 25.5 Å². The largest absolute Gasteiger partial charge is 0.352 e. The highest BCUT2D eigenvalue weighted by molar-refractivity contribution is 6.30. The van der Waals surface area contributed by atoms with E-state index in [9.17, 15) is 9.18 Å². The number of rotatable bonds is 5. The lowest BCUT2D eigenvalue weighted by atomic mass is 10.0.